The topological polar surface area (TPSA) is 237 Å². The molecule has 588 valence electrons. The number of rotatable bonds is 75. The quantitative estimate of drug-likeness (QED) is 0.0169. The van der Waals surface area contributed by atoms with Crippen LogP contribution in [0.25, 0.3) is 0 Å². The molecule has 0 spiro atoms. The van der Waals surface area contributed by atoms with Gasteiger partial charge in [0.05, 0.1) is 26.4 Å². The van der Waals surface area contributed by atoms with Gasteiger partial charge in [0.2, 0.25) is 0 Å². The van der Waals surface area contributed by atoms with Crippen LogP contribution in [-0.2, 0) is 65.4 Å². The van der Waals surface area contributed by atoms with Gasteiger partial charge in [0, 0.05) is 25.7 Å². The molecule has 0 aliphatic heterocycles. The van der Waals surface area contributed by atoms with Crippen molar-refractivity contribution in [3.05, 3.63) is 109 Å². The van der Waals surface area contributed by atoms with E-state index in [0.29, 0.717) is 32.1 Å². The predicted molar refractivity (Wildman–Crippen MR) is 418 cm³/mol. The molecule has 0 rings (SSSR count). The lowest BCUT2D eigenvalue weighted by Gasteiger charge is -2.21. The van der Waals surface area contributed by atoms with Crippen molar-refractivity contribution in [3.8, 4) is 0 Å². The number of hydrogen-bond donors (Lipinski definition) is 3. The zero-order valence-electron chi connectivity index (χ0n) is 64.3. The number of aliphatic hydroxyl groups excluding tert-OH is 1. The molecule has 0 aromatic heterocycles. The summed E-state index contributed by atoms with van der Waals surface area (Å²) in [7, 11) is -9.98. The average Bonchev–Trinajstić information content (AvgIpc) is 0.923. The summed E-state index contributed by atoms with van der Waals surface area (Å²) in [4.78, 5) is 73.0. The number of unbranched alkanes of at least 4 members (excludes halogenated alkanes) is 31. The average molecular weight is 1480 g/mol. The van der Waals surface area contributed by atoms with Crippen LogP contribution in [0, 0.1) is 0 Å². The molecular weight excluding hydrogens is 1330 g/mol. The number of esters is 4. The zero-order chi connectivity index (χ0) is 74.6. The number of carbonyl (C=O) groups excluding carboxylic acids is 4. The van der Waals surface area contributed by atoms with E-state index >= 15 is 0 Å². The Balaban J connectivity index is 5.43. The molecule has 0 aromatic carbocycles. The van der Waals surface area contributed by atoms with Crippen molar-refractivity contribution in [2.45, 2.75) is 354 Å². The van der Waals surface area contributed by atoms with Gasteiger partial charge in [-0.15, -0.1) is 0 Å². The van der Waals surface area contributed by atoms with E-state index in [9.17, 15) is 43.2 Å². The highest BCUT2D eigenvalue weighted by Crippen LogP contribution is 2.45. The number of allylic oxidation sites excluding steroid dienone is 18. The van der Waals surface area contributed by atoms with E-state index in [1.165, 1.54) is 96.3 Å². The summed E-state index contributed by atoms with van der Waals surface area (Å²) in [6.07, 6.45) is 80.7. The highest BCUT2D eigenvalue weighted by molar-refractivity contribution is 7.47. The minimum Gasteiger partial charge on any atom is -0.462 e. The molecule has 0 heterocycles. The smallest absolute Gasteiger partial charge is 0.462 e. The molecule has 19 heteroatoms. The first-order valence-electron chi connectivity index (χ1n) is 40.1. The fraction of sp³-hybridized carbons (Fsp3) is 0.735. The Bertz CT molecular complexity index is 2360. The SMILES string of the molecule is CCCCC/C=C\C/C=C\C/C=C\C/C=C\CCCC(=O)OC[C@H](COP(=O)(O)OC[C@H](O)COP(=O)(O)OC[C@@H](COC(=O)CCCCCCC/C=C\C/C=C\CCCCC)OC(=O)CCCCCCC/C=C\CCCCCCCC)OC(=O)CCCCCCC/C=C\C/C=C\CCCCC. The number of carbonyl (C=O) groups is 4. The second-order valence-electron chi connectivity index (χ2n) is 26.6. The molecule has 0 aromatic rings. The number of hydrogen-bond acceptors (Lipinski definition) is 15. The maximum Gasteiger partial charge on any atom is 0.472 e. The minimum absolute atomic E-state index is 0.0660. The molecule has 0 aliphatic rings. The number of phosphoric ester groups is 2. The second kappa shape index (κ2) is 75.0. The molecule has 2 unspecified atom stereocenters. The van der Waals surface area contributed by atoms with Gasteiger partial charge in [0.1, 0.15) is 19.3 Å². The van der Waals surface area contributed by atoms with Gasteiger partial charge in [-0.3, -0.25) is 37.3 Å². The zero-order valence-corrected chi connectivity index (χ0v) is 66.0. The fourth-order valence-electron chi connectivity index (χ4n) is 10.5. The van der Waals surface area contributed by atoms with Crippen LogP contribution in [-0.4, -0.2) is 96.7 Å². The van der Waals surface area contributed by atoms with Crippen molar-refractivity contribution in [2.75, 3.05) is 39.6 Å². The molecule has 3 N–H and O–H groups in total. The van der Waals surface area contributed by atoms with Gasteiger partial charge >= 0.3 is 39.5 Å². The molecular formula is C83H144O17P2. The standard InChI is InChI=1S/C83H144O17P2/c1-5-9-13-17-21-25-29-33-37-38-42-44-48-52-56-60-64-68-81(86)94-74-79(100-83(88)70-66-62-58-54-50-46-41-36-32-28-24-20-16-12-8-4)76-98-102(91,92)96-72-77(84)71-95-101(89,90)97-75-78(99-82(87)69-65-61-57-53-49-45-40-35-31-27-23-19-15-11-7-3)73-93-80(85)67-63-59-55-51-47-43-39-34-30-26-22-18-14-10-6-2/h21-22,24-26,28,33-37,39-42,44,52,56,77-79,84H,5-20,23,27,29-32,38,43,45-51,53-55,57-76H2,1-4H3,(H,89,90)(H,91,92)/b25-21-,26-22-,28-24-,37-33-,39-34-,40-35-,41-36-,44-42-,56-52-/t77-,78-,79-/m1/s1. The number of ether oxygens (including phenoxy) is 4. The molecule has 0 fully saturated rings. The molecule has 102 heavy (non-hydrogen) atoms. The summed E-state index contributed by atoms with van der Waals surface area (Å²) in [6.45, 7) is 4.71. The van der Waals surface area contributed by atoms with Crippen molar-refractivity contribution in [1.82, 2.24) is 0 Å². The molecule has 0 saturated heterocycles. The third-order valence-electron chi connectivity index (χ3n) is 16.7. The summed E-state index contributed by atoms with van der Waals surface area (Å²) in [6, 6.07) is 0. The first kappa shape index (κ1) is 97.7. The highest BCUT2D eigenvalue weighted by atomic mass is 31.2. The second-order valence-corrected chi connectivity index (χ2v) is 29.5. The van der Waals surface area contributed by atoms with Crippen molar-refractivity contribution >= 4 is 39.5 Å². The monoisotopic (exact) mass is 1470 g/mol. The van der Waals surface area contributed by atoms with Crippen molar-refractivity contribution < 1.29 is 80.2 Å². The van der Waals surface area contributed by atoms with E-state index in [0.717, 1.165) is 154 Å². The van der Waals surface area contributed by atoms with Crippen LogP contribution in [0.1, 0.15) is 336 Å². The third-order valence-corrected chi connectivity index (χ3v) is 18.6. The Labute approximate surface area is 619 Å². The Kier molecular flexibility index (Phi) is 71.8. The lowest BCUT2D eigenvalue weighted by molar-refractivity contribution is -0.161. The third kappa shape index (κ3) is 74.0. The maximum absolute atomic E-state index is 13.1. The van der Waals surface area contributed by atoms with E-state index in [-0.39, 0.29) is 25.7 Å². The van der Waals surface area contributed by atoms with Crippen LogP contribution < -0.4 is 0 Å². The Hall–Kier alpha value is -4.28. The van der Waals surface area contributed by atoms with Gasteiger partial charge in [-0.1, -0.05) is 265 Å². The normalized spacial score (nSPS) is 14.5. The Morgan fingerprint density at radius 1 is 0.275 bits per heavy atom. The first-order valence-corrected chi connectivity index (χ1v) is 43.1. The Morgan fingerprint density at radius 3 is 0.804 bits per heavy atom. The van der Waals surface area contributed by atoms with Crippen molar-refractivity contribution in [3.63, 3.8) is 0 Å². The lowest BCUT2D eigenvalue weighted by Crippen LogP contribution is -2.30. The molecule has 5 atom stereocenters. The van der Waals surface area contributed by atoms with Crippen LogP contribution in [0.3, 0.4) is 0 Å². The van der Waals surface area contributed by atoms with Crippen molar-refractivity contribution in [2.24, 2.45) is 0 Å². The molecule has 0 radical (unpaired) electrons. The fourth-order valence-corrected chi connectivity index (χ4v) is 12.1. The Morgan fingerprint density at radius 2 is 0.490 bits per heavy atom. The van der Waals surface area contributed by atoms with E-state index in [1.54, 1.807) is 0 Å². The summed E-state index contributed by atoms with van der Waals surface area (Å²) < 4.78 is 68.5. The predicted octanol–water partition coefficient (Wildman–Crippen LogP) is 23.3. The van der Waals surface area contributed by atoms with Crippen LogP contribution >= 0.6 is 15.6 Å². The van der Waals surface area contributed by atoms with E-state index in [1.807, 2.05) is 12.2 Å². The first-order chi connectivity index (χ1) is 49.7. The van der Waals surface area contributed by atoms with Crippen LogP contribution in [0.15, 0.2) is 109 Å². The highest BCUT2D eigenvalue weighted by Gasteiger charge is 2.30. The van der Waals surface area contributed by atoms with Crippen LogP contribution in [0.2, 0.25) is 0 Å². The van der Waals surface area contributed by atoms with Crippen LogP contribution in [0.5, 0.6) is 0 Å². The molecule has 0 aliphatic carbocycles. The lowest BCUT2D eigenvalue weighted by atomic mass is 10.1. The van der Waals surface area contributed by atoms with Gasteiger partial charge in [-0.05, 0) is 154 Å². The number of phosphoric acid groups is 2. The van der Waals surface area contributed by atoms with E-state index in [2.05, 4.69) is 125 Å². The van der Waals surface area contributed by atoms with Crippen molar-refractivity contribution in [1.29, 1.82) is 0 Å². The molecule has 0 amide bonds. The number of aliphatic hydroxyl groups is 1. The molecule has 0 bridgehead atoms. The van der Waals surface area contributed by atoms with E-state index in [4.69, 9.17) is 37.0 Å². The summed E-state index contributed by atoms with van der Waals surface area (Å²) >= 11 is 0. The van der Waals surface area contributed by atoms with Gasteiger partial charge in [0.25, 0.3) is 0 Å². The van der Waals surface area contributed by atoms with Crippen LogP contribution in [0.4, 0.5) is 0 Å². The molecule has 17 nitrogen and oxygen atoms in total. The largest absolute Gasteiger partial charge is 0.472 e. The van der Waals surface area contributed by atoms with E-state index < -0.39 is 97.5 Å². The van der Waals surface area contributed by atoms with Gasteiger partial charge in [-0.2, -0.15) is 0 Å². The summed E-state index contributed by atoms with van der Waals surface area (Å²) in [5.41, 5.74) is 0. The maximum atomic E-state index is 13.1. The van der Waals surface area contributed by atoms with Gasteiger partial charge in [0.15, 0.2) is 12.2 Å². The summed E-state index contributed by atoms with van der Waals surface area (Å²) in [5.74, 6) is -2.27. The van der Waals surface area contributed by atoms with Gasteiger partial charge in [-0.25, -0.2) is 9.13 Å². The van der Waals surface area contributed by atoms with Gasteiger partial charge < -0.3 is 33.8 Å². The summed E-state index contributed by atoms with van der Waals surface area (Å²) in [5, 5.41) is 10.6. The minimum atomic E-state index is -4.99. The molecule has 0 saturated carbocycles.